The summed E-state index contributed by atoms with van der Waals surface area (Å²) in [6, 6.07) is 5.84. The fraction of sp³-hybridized carbons (Fsp3) is 0.364. The van der Waals surface area contributed by atoms with Crippen LogP contribution in [-0.4, -0.2) is 12.4 Å². The van der Waals surface area contributed by atoms with Crippen LogP contribution in [0.3, 0.4) is 0 Å². The van der Waals surface area contributed by atoms with Gasteiger partial charge in [0, 0.05) is 0 Å². The van der Waals surface area contributed by atoms with Crippen molar-refractivity contribution in [2.45, 2.75) is 19.8 Å². The molecule has 2 rings (SSSR count). The number of carbonyl (C=O) groups is 1. The Balaban J connectivity index is 2.48. The summed E-state index contributed by atoms with van der Waals surface area (Å²) in [7, 11) is 0. The molecule has 0 fully saturated rings. The third-order valence-corrected chi connectivity index (χ3v) is 2.33. The van der Waals surface area contributed by atoms with Crippen LogP contribution in [0.5, 0.6) is 5.75 Å². The van der Waals surface area contributed by atoms with Crippen molar-refractivity contribution < 1.29 is 9.53 Å². The van der Waals surface area contributed by atoms with Crippen molar-refractivity contribution in [2.24, 2.45) is 0 Å². The maximum Gasteiger partial charge on any atom is 0.203 e. The fourth-order valence-corrected chi connectivity index (χ4v) is 1.47. The van der Waals surface area contributed by atoms with E-state index in [1.807, 2.05) is 18.2 Å². The summed E-state index contributed by atoms with van der Waals surface area (Å²) in [5, 5.41) is 0. The molecule has 0 radical (unpaired) electrons. The van der Waals surface area contributed by atoms with Gasteiger partial charge in [0.05, 0.1) is 5.56 Å². The lowest BCUT2D eigenvalue weighted by molar-refractivity contribution is 0.0961. The molecule has 1 aliphatic rings. The summed E-state index contributed by atoms with van der Waals surface area (Å²) >= 11 is 0. The molecule has 1 aromatic rings. The Kier molecular flexibility index (Phi) is 1.83. The van der Waals surface area contributed by atoms with Crippen molar-refractivity contribution in [2.75, 3.05) is 6.61 Å². The first-order valence-electron chi connectivity index (χ1n) is 4.48. The molecule has 0 amide bonds. The van der Waals surface area contributed by atoms with E-state index < -0.39 is 0 Å². The second-order valence-electron chi connectivity index (χ2n) is 3.62. The van der Waals surface area contributed by atoms with E-state index in [9.17, 15) is 4.79 Å². The molecule has 0 unspecified atom stereocenters. The molecule has 0 saturated heterocycles. The Hall–Kier alpha value is -1.31. The van der Waals surface area contributed by atoms with E-state index in [1.54, 1.807) is 0 Å². The number of benzene rings is 1. The Morgan fingerprint density at radius 3 is 2.85 bits per heavy atom. The van der Waals surface area contributed by atoms with Gasteiger partial charge in [-0.25, -0.2) is 0 Å². The molecule has 13 heavy (non-hydrogen) atoms. The number of hydrogen-bond acceptors (Lipinski definition) is 2. The lowest BCUT2D eigenvalue weighted by Crippen LogP contribution is -1.99. The highest BCUT2D eigenvalue weighted by Gasteiger charge is 2.21. The molecule has 0 saturated carbocycles. The summed E-state index contributed by atoms with van der Waals surface area (Å²) in [5.41, 5.74) is 1.93. The number of hydrogen-bond donors (Lipinski definition) is 0. The Morgan fingerprint density at radius 2 is 2.15 bits per heavy atom. The smallest absolute Gasteiger partial charge is 0.203 e. The van der Waals surface area contributed by atoms with Crippen LogP contribution < -0.4 is 4.74 Å². The highest BCUT2D eigenvalue weighted by Crippen LogP contribution is 2.28. The average molecular weight is 176 g/mol. The van der Waals surface area contributed by atoms with E-state index in [0.29, 0.717) is 5.92 Å². The number of fused-ring (bicyclic) bond motifs is 1. The minimum Gasteiger partial charge on any atom is -0.485 e. The first-order chi connectivity index (χ1) is 6.18. The standard InChI is InChI=1S/C11H12O2/c1-7(2)8-3-4-11-9(5-8)10(12)6-13-11/h3-5,7H,6H2,1-2H3. The van der Waals surface area contributed by atoms with Gasteiger partial charge < -0.3 is 4.74 Å². The Labute approximate surface area is 77.5 Å². The predicted octanol–water partition coefficient (Wildman–Crippen LogP) is 2.39. The van der Waals surface area contributed by atoms with Crippen molar-refractivity contribution in [1.82, 2.24) is 0 Å². The molecule has 1 aromatic carbocycles. The lowest BCUT2D eigenvalue weighted by atomic mass is 10.00. The van der Waals surface area contributed by atoms with E-state index in [4.69, 9.17) is 4.74 Å². The molecule has 2 heteroatoms. The van der Waals surface area contributed by atoms with Gasteiger partial charge in [-0.3, -0.25) is 4.79 Å². The number of carbonyl (C=O) groups excluding carboxylic acids is 1. The molecule has 0 bridgehead atoms. The minimum absolute atomic E-state index is 0.0949. The van der Waals surface area contributed by atoms with Crippen LogP contribution in [0.4, 0.5) is 0 Å². The molecular formula is C11H12O2. The topological polar surface area (TPSA) is 26.3 Å². The monoisotopic (exact) mass is 176 g/mol. The van der Waals surface area contributed by atoms with Gasteiger partial charge in [0.25, 0.3) is 0 Å². The maximum atomic E-state index is 11.3. The van der Waals surface area contributed by atoms with Crippen LogP contribution in [0.25, 0.3) is 0 Å². The number of ether oxygens (including phenoxy) is 1. The maximum absolute atomic E-state index is 11.3. The minimum atomic E-state index is 0.0949. The van der Waals surface area contributed by atoms with Gasteiger partial charge in [-0.2, -0.15) is 0 Å². The number of Topliss-reactive ketones (excluding diaryl/α,β-unsaturated/α-hetero) is 1. The highest BCUT2D eigenvalue weighted by molar-refractivity contribution is 6.02. The SMILES string of the molecule is CC(C)c1ccc2c(c1)C(=O)CO2. The largest absolute Gasteiger partial charge is 0.485 e. The fourth-order valence-electron chi connectivity index (χ4n) is 1.47. The van der Waals surface area contributed by atoms with Crippen molar-refractivity contribution in [3.8, 4) is 5.75 Å². The summed E-state index contributed by atoms with van der Waals surface area (Å²) in [4.78, 5) is 11.3. The zero-order valence-corrected chi connectivity index (χ0v) is 7.83. The van der Waals surface area contributed by atoms with E-state index in [2.05, 4.69) is 13.8 Å². The molecular weight excluding hydrogens is 164 g/mol. The first-order valence-corrected chi connectivity index (χ1v) is 4.48. The molecule has 0 aliphatic carbocycles. The first kappa shape index (κ1) is 8.30. The van der Waals surface area contributed by atoms with Crippen molar-refractivity contribution in [3.63, 3.8) is 0 Å². The molecule has 0 spiro atoms. The van der Waals surface area contributed by atoms with Gasteiger partial charge in [-0.1, -0.05) is 19.9 Å². The Bertz CT molecular complexity index is 353. The highest BCUT2D eigenvalue weighted by atomic mass is 16.5. The molecule has 0 N–H and O–H groups in total. The summed E-state index contributed by atoms with van der Waals surface area (Å²) in [6.45, 7) is 4.43. The second-order valence-corrected chi connectivity index (χ2v) is 3.62. The van der Waals surface area contributed by atoms with Crippen LogP contribution in [-0.2, 0) is 0 Å². The van der Waals surface area contributed by atoms with Crippen LogP contribution in [0.2, 0.25) is 0 Å². The molecule has 2 nitrogen and oxygen atoms in total. The molecule has 1 heterocycles. The predicted molar refractivity (Wildman–Crippen MR) is 50.4 cm³/mol. The van der Waals surface area contributed by atoms with Gasteiger partial charge in [0.15, 0.2) is 6.61 Å². The summed E-state index contributed by atoms with van der Waals surface area (Å²) < 4.78 is 5.20. The van der Waals surface area contributed by atoms with Gasteiger partial charge in [0.1, 0.15) is 5.75 Å². The van der Waals surface area contributed by atoms with Crippen LogP contribution in [0, 0.1) is 0 Å². The zero-order valence-electron chi connectivity index (χ0n) is 7.83. The van der Waals surface area contributed by atoms with Gasteiger partial charge >= 0.3 is 0 Å². The van der Waals surface area contributed by atoms with E-state index in [1.165, 1.54) is 5.56 Å². The van der Waals surface area contributed by atoms with Gasteiger partial charge in [0.2, 0.25) is 5.78 Å². The quantitative estimate of drug-likeness (QED) is 0.656. The summed E-state index contributed by atoms with van der Waals surface area (Å²) in [5.74, 6) is 1.28. The van der Waals surface area contributed by atoms with Gasteiger partial charge in [-0.05, 0) is 23.6 Å². The third-order valence-electron chi connectivity index (χ3n) is 2.33. The third kappa shape index (κ3) is 1.32. The normalized spacial score (nSPS) is 14.5. The van der Waals surface area contributed by atoms with Crippen LogP contribution >= 0.6 is 0 Å². The lowest BCUT2D eigenvalue weighted by Gasteiger charge is -2.05. The van der Waals surface area contributed by atoms with Crippen molar-refractivity contribution in [1.29, 1.82) is 0 Å². The van der Waals surface area contributed by atoms with Gasteiger partial charge in [-0.15, -0.1) is 0 Å². The Morgan fingerprint density at radius 1 is 1.38 bits per heavy atom. The molecule has 68 valence electrons. The molecule has 1 aliphatic heterocycles. The second kappa shape index (κ2) is 2.87. The summed E-state index contributed by atoms with van der Waals surface area (Å²) in [6.07, 6.45) is 0. The molecule has 0 aromatic heterocycles. The van der Waals surface area contributed by atoms with Crippen molar-refractivity contribution >= 4 is 5.78 Å². The zero-order chi connectivity index (χ0) is 9.42. The van der Waals surface area contributed by atoms with Crippen LogP contribution in [0.1, 0.15) is 35.7 Å². The van der Waals surface area contributed by atoms with Crippen molar-refractivity contribution in [3.05, 3.63) is 29.3 Å². The number of rotatable bonds is 1. The number of ketones is 1. The average Bonchev–Trinajstić information content (AvgIpc) is 2.47. The molecule has 0 atom stereocenters. The van der Waals surface area contributed by atoms with E-state index in [-0.39, 0.29) is 12.4 Å². The van der Waals surface area contributed by atoms with E-state index >= 15 is 0 Å². The van der Waals surface area contributed by atoms with E-state index in [0.717, 1.165) is 11.3 Å². The van der Waals surface area contributed by atoms with Crippen LogP contribution in [0.15, 0.2) is 18.2 Å².